The number of H-pyrrole nitrogens is 1. The summed E-state index contributed by atoms with van der Waals surface area (Å²) in [6.45, 7) is 3.91. The van der Waals surface area contributed by atoms with E-state index in [0.717, 1.165) is 10.9 Å². The summed E-state index contributed by atoms with van der Waals surface area (Å²) in [6, 6.07) is 5.21. The molecule has 0 amide bonds. The van der Waals surface area contributed by atoms with Gasteiger partial charge in [0, 0.05) is 24.4 Å². The molecule has 4 heteroatoms. The van der Waals surface area contributed by atoms with E-state index in [2.05, 4.69) is 4.98 Å². The van der Waals surface area contributed by atoms with Gasteiger partial charge in [-0.25, -0.2) is 0 Å². The predicted molar refractivity (Wildman–Crippen MR) is 74.1 cm³/mol. The molecule has 0 unspecified atom stereocenters. The molecule has 1 aromatic heterocycles. The molecule has 0 saturated heterocycles. The number of phenols is 1. The number of Topliss-reactive ketones (excluding diaryl/α,β-unsaturated/α-hetero) is 1. The molecule has 0 radical (unpaired) electrons. The molecule has 0 fully saturated rings. The van der Waals surface area contributed by atoms with E-state index in [9.17, 15) is 15.0 Å². The summed E-state index contributed by atoms with van der Waals surface area (Å²) in [5.74, 6) is 0.283. The Balaban J connectivity index is 2.18. The van der Waals surface area contributed by atoms with Crippen LogP contribution < -0.4 is 0 Å². The molecule has 102 valence electrons. The number of fused-ring (bicyclic) bond motifs is 1. The fraction of sp³-hybridized carbons (Fsp3) is 0.400. The summed E-state index contributed by atoms with van der Waals surface area (Å²) < 4.78 is 0. The van der Waals surface area contributed by atoms with Crippen molar-refractivity contribution in [3.63, 3.8) is 0 Å². The van der Waals surface area contributed by atoms with E-state index < -0.39 is 6.10 Å². The lowest BCUT2D eigenvalue weighted by molar-refractivity contribution is -0.127. The number of aliphatic hydroxyl groups excluding tert-OH is 1. The molecule has 2 aromatic rings. The number of ketones is 1. The van der Waals surface area contributed by atoms with Crippen molar-refractivity contribution in [3.8, 4) is 5.75 Å². The normalized spacial score (nSPS) is 13.1. The maximum absolute atomic E-state index is 11.8. The Morgan fingerprint density at radius 3 is 2.79 bits per heavy atom. The number of aliphatic hydroxyl groups is 1. The summed E-state index contributed by atoms with van der Waals surface area (Å²) in [4.78, 5) is 14.7. The second-order valence-electron chi connectivity index (χ2n) is 5.30. The Bertz CT molecular complexity index is 586. The third kappa shape index (κ3) is 2.96. The Labute approximate surface area is 112 Å². The summed E-state index contributed by atoms with van der Waals surface area (Å²) in [5.41, 5.74) is 1.48. The van der Waals surface area contributed by atoms with Crippen molar-refractivity contribution in [1.29, 1.82) is 0 Å². The number of carbonyl (C=O) groups is 1. The van der Waals surface area contributed by atoms with E-state index in [1.165, 1.54) is 0 Å². The molecule has 0 aliphatic heterocycles. The van der Waals surface area contributed by atoms with Gasteiger partial charge in [0.25, 0.3) is 0 Å². The minimum atomic E-state index is -0.983. The van der Waals surface area contributed by atoms with E-state index in [-0.39, 0.29) is 23.9 Å². The van der Waals surface area contributed by atoms with E-state index in [1.54, 1.807) is 18.3 Å². The number of carbonyl (C=O) groups excluding carboxylic acids is 1. The van der Waals surface area contributed by atoms with E-state index in [4.69, 9.17) is 0 Å². The van der Waals surface area contributed by atoms with E-state index in [1.807, 2.05) is 19.9 Å². The zero-order valence-corrected chi connectivity index (χ0v) is 11.2. The number of nitrogens with one attached hydrogen (secondary N) is 1. The molecule has 19 heavy (non-hydrogen) atoms. The average Bonchev–Trinajstić information content (AvgIpc) is 2.73. The monoisotopic (exact) mass is 261 g/mol. The highest BCUT2D eigenvalue weighted by Crippen LogP contribution is 2.27. The Morgan fingerprint density at radius 1 is 1.37 bits per heavy atom. The van der Waals surface area contributed by atoms with Gasteiger partial charge in [-0.05, 0) is 17.5 Å². The highest BCUT2D eigenvalue weighted by Gasteiger charge is 2.18. The van der Waals surface area contributed by atoms with Gasteiger partial charge in [0.05, 0.1) is 5.52 Å². The number of phenolic OH excluding ortho intramolecular Hbond substituents is 1. The fourth-order valence-corrected chi connectivity index (χ4v) is 2.23. The minimum Gasteiger partial charge on any atom is -0.506 e. The van der Waals surface area contributed by atoms with Crippen LogP contribution in [0, 0.1) is 5.92 Å². The van der Waals surface area contributed by atoms with Crippen LogP contribution in [0.25, 0.3) is 10.9 Å². The molecular weight excluding hydrogens is 242 g/mol. The van der Waals surface area contributed by atoms with Gasteiger partial charge in [-0.1, -0.05) is 26.0 Å². The molecular formula is C15H19NO3. The number of hydrogen-bond acceptors (Lipinski definition) is 3. The van der Waals surface area contributed by atoms with Gasteiger partial charge in [-0.15, -0.1) is 0 Å². The molecule has 0 aliphatic carbocycles. The van der Waals surface area contributed by atoms with Gasteiger partial charge in [0.15, 0.2) is 5.78 Å². The van der Waals surface area contributed by atoms with Gasteiger partial charge in [-0.2, -0.15) is 0 Å². The second kappa shape index (κ2) is 5.45. The quantitative estimate of drug-likeness (QED) is 0.773. The SMILES string of the molecule is CC(C)CC(=O)[C@@H](O)Cc1c[nH]c2c(O)cccc12. The fourth-order valence-electron chi connectivity index (χ4n) is 2.23. The van der Waals surface area contributed by atoms with E-state index in [0.29, 0.717) is 11.9 Å². The minimum absolute atomic E-state index is 0.135. The van der Waals surface area contributed by atoms with Crippen molar-refractivity contribution >= 4 is 16.7 Å². The molecule has 2 rings (SSSR count). The van der Waals surface area contributed by atoms with Crippen molar-refractivity contribution in [1.82, 2.24) is 4.98 Å². The number of aromatic nitrogens is 1. The van der Waals surface area contributed by atoms with Crippen LogP contribution in [0.1, 0.15) is 25.8 Å². The first kappa shape index (κ1) is 13.6. The van der Waals surface area contributed by atoms with Gasteiger partial charge in [0.1, 0.15) is 11.9 Å². The summed E-state index contributed by atoms with van der Waals surface area (Å²) in [5, 5.41) is 20.5. The lowest BCUT2D eigenvalue weighted by Gasteiger charge is -2.10. The number of benzene rings is 1. The molecule has 1 aromatic carbocycles. The van der Waals surface area contributed by atoms with Crippen molar-refractivity contribution in [2.45, 2.75) is 32.8 Å². The maximum atomic E-state index is 11.8. The highest BCUT2D eigenvalue weighted by atomic mass is 16.3. The average molecular weight is 261 g/mol. The first-order valence-electron chi connectivity index (χ1n) is 6.47. The van der Waals surface area contributed by atoms with Gasteiger partial charge in [0.2, 0.25) is 0 Å². The molecule has 0 spiro atoms. The number of aromatic amines is 1. The predicted octanol–water partition coefficient (Wildman–Crippen LogP) is 2.39. The Morgan fingerprint density at radius 2 is 2.11 bits per heavy atom. The molecule has 1 heterocycles. The highest BCUT2D eigenvalue weighted by molar-refractivity contribution is 5.89. The van der Waals surface area contributed by atoms with Crippen molar-refractivity contribution in [2.75, 3.05) is 0 Å². The molecule has 0 aliphatic rings. The zero-order valence-electron chi connectivity index (χ0n) is 11.2. The Hall–Kier alpha value is -1.81. The second-order valence-corrected chi connectivity index (χ2v) is 5.30. The largest absolute Gasteiger partial charge is 0.506 e. The van der Waals surface area contributed by atoms with Crippen LogP contribution in [-0.2, 0) is 11.2 Å². The summed E-state index contributed by atoms with van der Waals surface area (Å²) in [7, 11) is 0. The Kier molecular flexibility index (Phi) is 3.90. The van der Waals surface area contributed by atoms with Crippen molar-refractivity contribution in [2.24, 2.45) is 5.92 Å². The van der Waals surface area contributed by atoms with Gasteiger partial charge >= 0.3 is 0 Å². The van der Waals surface area contributed by atoms with Crippen LogP contribution in [0.2, 0.25) is 0 Å². The van der Waals surface area contributed by atoms with Crippen LogP contribution in [-0.4, -0.2) is 27.1 Å². The van der Waals surface area contributed by atoms with Gasteiger partial charge in [-0.3, -0.25) is 4.79 Å². The first-order valence-corrected chi connectivity index (χ1v) is 6.47. The number of rotatable bonds is 5. The van der Waals surface area contributed by atoms with Crippen LogP contribution in [0.3, 0.4) is 0 Å². The van der Waals surface area contributed by atoms with Gasteiger partial charge < -0.3 is 15.2 Å². The lowest BCUT2D eigenvalue weighted by atomic mass is 9.98. The summed E-state index contributed by atoms with van der Waals surface area (Å²) >= 11 is 0. The topological polar surface area (TPSA) is 73.3 Å². The number of para-hydroxylation sites is 1. The molecule has 1 atom stereocenters. The maximum Gasteiger partial charge on any atom is 0.161 e. The van der Waals surface area contributed by atoms with Crippen LogP contribution in [0.4, 0.5) is 0 Å². The van der Waals surface area contributed by atoms with Crippen LogP contribution in [0.15, 0.2) is 24.4 Å². The molecule has 0 bridgehead atoms. The lowest BCUT2D eigenvalue weighted by Crippen LogP contribution is -2.24. The number of aromatic hydroxyl groups is 1. The van der Waals surface area contributed by atoms with E-state index >= 15 is 0 Å². The molecule has 4 nitrogen and oxygen atoms in total. The summed E-state index contributed by atoms with van der Waals surface area (Å²) in [6.07, 6.45) is 1.41. The van der Waals surface area contributed by atoms with Crippen molar-refractivity contribution < 1.29 is 15.0 Å². The van der Waals surface area contributed by atoms with Crippen LogP contribution in [0.5, 0.6) is 5.75 Å². The van der Waals surface area contributed by atoms with Crippen LogP contribution >= 0.6 is 0 Å². The number of hydrogen-bond donors (Lipinski definition) is 3. The molecule has 0 saturated carbocycles. The molecule has 3 N–H and O–H groups in total. The third-order valence-electron chi connectivity index (χ3n) is 3.17. The first-order chi connectivity index (χ1) is 8.99. The zero-order chi connectivity index (χ0) is 14.0. The third-order valence-corrected chi connectivity index (χ3v) is 3.17. The standard InChI is InChI=1S/C15H19NO3/c1-9(2)6-13(18)14(19)7-10-8-16-15-11(10)4-3-5-12(15)17/h3-5,8-9,14,16-17,19H,6-7H2,1-2H3/t14-/m0/s1. The smallest absolute Gasteiger partial charge is 0.161 e. The van der Waals surface area contributed by atoms with Crippen molar-refractivity contribution in [3.05, 3.63) is 30.0 Å².